The third-order valence-corrected chi connectivity index (χ3v) is 4.36. The molecule has 1 fully saturated rings. The molecule has 0 bridgehead atoms. The molecular weight excluding hydrogens is 327 g/mol. The molecule has 134 valence electrons. The molecule has 0 saturated carbocycles. The summed E-state index contributed by atoms with van der Waals surface area (Å²) in [4.78, 5) is 0. The van der Waals surface area contributed by atoms with Gasteiger partial charge in [-0.3, -0.25) is 4.68 Å². The van der Waals surface area contributed by atoms with Gasteiger partial charge in [0.2, 0.25) is 0 Å². The Morgan fingerprint density at radius 3 is 2.21 bits per heavy atom. The van der Waals surface area contributed by atoms with Crippen molar-refractivity contribution >= 4 is 12.7 Å². The molecule has 2 rings (SSSR count). The Bertz CT molecular complexity index is 622. The van der Waals surface area contributed by atoms with Crippen LogP contribution in [0.15, 0.2) is 18.1 Å². The summed E-state index contributed by atoms with van der Waals surface area (Å²) in [5.74, 6) is 0. The van der Waals surface area contributed by atoms with Crippen molar-refractivity contribution in [2.75, 3.05) is 0 Å². The summed E-state index contributed by atoms with van der Waals surface area (Å²) in [6.07, 6.45) is -2.01. The average molecular weight is 348 g/mol. The van der Waals surface area contributed by atoms with Gasteiger partial charge < -0.3 is 9.31 Å². The van der Waals surface area contributed by atoms with Crippen molar-refractivity contribution in [3.63, 3.8) is 0 Å². The van der Waals surface area contributed by atoms with Crippen molar-refractivity contribution in [3.05, 3.63) is 23.7 Å². The van der Waals surface area contributed by atoms with Crippen molar-refractivity contribution < 1.29 is 26.9 Å². The predicted molar refractivity (Wildman–Crippen MR) is 82.7 cm³/mol. The number of allylic oxidation sites excluding steroid dienone is 1. The molecule has 0 atom stereocenters. The second-order valence-electron chi connectivity index (χ2n) is 6.80. The first-order valence-corrected chi connectivity index (χ1v) is 7.74. The van der Waals surface area contributed by atoms with E-state index in [0.29, 0.717) is 13.0 Å². The molecular formula is C15H21BF4N2O2. The number of rotatable bonds is 4. The highest BCUT2D eigenvalue weighted by Gasteiger charge is 2.55. The minimum absolute atomic E-state index is 0.344. The summed E-state index contributed by atoms with van der Waals surface area (Å²) in [5.41, 5.74) is -5.11. The molecule has 2 heterocycles. The molecule has 0 amide bonds. The van der Waals surface area contributed by atoms with Gasteiger partial charge in [-0.05, 0) is 34.1 Å². The molecule has 0 N–H and O–H groups in total. The minimum atomic E-state index is -4.90. The molecule has 1 aliphatic rings. The van der Waals surface area contributed by atoms with Gasteiger partial charge in [-0.15, -0.1) is 0 Å². The van der Waals surface area contributed by atoms with E-state index in [0.717, 1.165) is 6.20 Å². The zero-order chi connectivity index (χ0) is 18.3. The van der Waals surface area contributed by atoms with E-state index >= 15 is 0 Å². The third-order valence-electron chi connectivity index (χ3n) is 4.36. The highest BCUT2D eigenvalue weighted by Crippen LogP contribution is 2.43. The topological polar surface area (TPSA) is 36.3 Å². The molecule has 0 radical (unpaired) electrons. The fraction of sp³-hybridized carbons (Fsp3) is 0.667. The summed E-state index contributed by atoms with van der Waals surface area (Å²) in [6.45, 7) is 8.90. The van der Waals surface area contributed by atoms with Crippen molar-refractivity contribution in [1.29, 1.82) is 0 Å². The number of hydrogen-bond acceptors (Lipinski definition) is 3. The average Bonchev–Trinajstić information content (AvgIpc) is 2.92. The Labute approximate surface area is 139 Å². The SMILES string of the molecule is CCCn1cc(C(=C(F)B2OC(C)(C)C(C)(C)O2)C(F)(F)F)cn1. The Balaban J connectivity index is 2.45. The largest absolute Gasteiger partial charge is 0.525 e. The maximum atomic E-state index is 14.7. The first-order chi connectivity index (χ1) is 10.9. The van der Waals surface area contributed by atoms with Crippen molar-refractivity contribution in [2.45, 2.75) is 65.0 Å². The minimum Gasteiger partial charge on any atom is -0.398 e. The molecule has 9 heteroatoms. The first-order valence-electron chi connectivity index (χ1n) is 7.74. The predicted octanol–water partition coefficient (Wildman–Crippen LogP) is 4.17. The van der Waals surface area contributed by atoms with E-state index < -0.39 is 35.8 Å². The summed E-state index contributed by atoms with van der Waals surface area (Å²) in [5, 5.41) is 3.84. The number of alkyl halides is 3. The molecule has 24 heavy (non-hydrogen) atoms. The summed E-state index contributed by atoms with van der Waals surface area (Å²) in [6, 6.07) is 0. The van der Waals surface area contributed by atoms with Crippen LogP contribution in [-0.4, -0.2) is 34.3 Å². The lowest BCUT2D eigenvalue weighted by atomic mass is 9.83. The van der Waals surface area contributed by atoms with Gasteiger partial charge in [-0.2, -0.15) is 18.3 Å². The van der Waals surface area contributed by atoms with Crippen molar-refractivity contribution in [3.8, 4) is 0 Å². The van der Waals surface area contributed by atoms with Crippen LogP contribution in [0.1, 0.15) is 46.6 Å². The van der Waals surface area contributed by atoms with E-state index in [2.05, 4.69) is 5.10 Å². The molecule has 4 nitrogen and oxygen atoms in total. The van der Waals surface area contributed by atoms with Crippen LogP contribution >= 0.6 is 0 Å². The number of aryl methyl sites for hydroxylation is 1. The van der Waals surface area contributed by atoms with Gasteiger partial charge in [0.1, 0.15) is 5.73 Å². The van der Waals surface area contributed by atoms with E-state index in [1.54, 1.807) is 27.7 Å². The lowest BCUT2D eigenvalue weighted by molar-refractivity contribution is -0.0699. The molecule has 0 aliphatic carbocycles. The van der Waals surface area contributed by atoms with Crippen LogP contribution in [0.25, 0.3) is 5.57 Å². The first kappa shape index (κ1) is 19.0. The number of nitrogens with zero attached hydrogens (tertiary/aromatic N) is 2. The molecule has 0 unspecified atom stereocenters. The molecule has 1 aromatic rings. The van der Waals surface area contributed by atoms with E-state index in [4.69, 9.17) is 9.31 Å². The maximum Gasteiger partial charge on any atom is 0.525 e. The number of halogens is 4. The van der Waals surface area contributed by atoms with E-state index in [9.17, 15) is 17.6 Å². The van der Waals surface area contributed by atoms with E-state index in [-0.39, 0.29) is 5.56 Å². The zero-order valence-electron chi connectivity index (χ0n) is 14.4. The maximum absolute atomic E-state index is 14.7. The summed E-state index contributed by atoms with van der Waals surface area (Å²) in [7, 11) is -1.71. The molecule has 1 aromatic heterocycles. The Morgan fingerprint density at radius 1 is 1.21 bits per heavy atom. The van der Waals surface area contributed by atoms with Gasteiger partial charge in [0.15, 0.2) is 0 Å². The lowest BCUT2D eigenvalue weighted by Crippen LogP contribution is -2.41. The van der Waals surface area contributed by atoms with E-state index in [1.807, 2.05) is 6.92 Å². The number of aromatic nitrogens is 2. The third kappa shape index (κ3) is 3.51. The Morgan fingerprint density at radius 2 is 1.75 bits per heavy atom. The number of hydrogen-bond donors (Lipinski definition) is 0. The zero-order valence-corrected chi connectivity index (χ0v) is 14.4. The van der Waals surface area contributed by atoms with Gasteiger partial charge in [-0.25, -0.2) is 4.39 Å². The smallest absolute Gasteiger partial charge is 0.398 e. The second kappa shape index (κ2) is 6.18. The van der Waals surface area contributed by atoms with Crippen LogP contribution in [0.5, 0.6) is 0 Å². The van der Waals surface area contributed by atoms with Crippen LogP contribution in [0.3, 0.4) is 0 Å². The van der Waals surface area contributed by atoms with Crippen LogP contribution in [0, 0.1) is 0 Å². The molecule has 0 aromatic carbocycles. The van der Waals surface area contributed by atoms with Gasteiger partial charge in [0.25, 0.3) is 0 Å². The fourth-order valence-electron chi connectivity index (χ4n) is 2.35. The van der Waals surface area contributed by atoms with Crippen molar-refractivity contribution in [2.24, 2.45) is 0 Å². The molecule has 1 aliphatic heterocycles. The van der Waals surface area contributed by atoms with Crippen LogP contribution in [0.4, 0.5) is 17.6 Å². The summed E-state index contributed by atoms with van der Waals surface area (Å²) < 4.78 is 67.2. The van der Waals surface area contributed by atoms with Crippen LogP contribution in [-0.2, 0) is 15.9 Å². The Kier molecular flexibility index (Phi) is 4.89. The van der Waals surface area contributed by atoms with Gasteiger partial charge in [-0.1, -0.05) is 6.92 Å². The van der Waals surface area contributed by atoms with Gasteiger partial charge in [0.05, 0.1) is 23.0 Å². The fourth-order valence-corrected chi connectivity index (χ4v) is 2.35. The highest BCUT2D eigenvalue weighted by atomic mass is 19.4. The van der Waals surface area contributed by atoms with Gasteiger partial charge >= 0.3 is 13.3 Å². The lowest BCUT2D eigenvalue weighted by Gasteiger charge is -2.32. The molecule has 0 spiro atoms. The standard InChI is InChI=1S/C15H21BF4N2O2/c1-6-7-22-9-10(8-21-22)11(15(18,19)20)12(17)16-23-13(2,3)14(4,5)24-16/h8-9H,6-7H2,1-5H3. The summed E-state index contributed by atoms with van der Waals surface area (Å²) >= 11 is 0. The van der Waals surface area contributed by atoms with Crippen LogP contribution < -0.4 is 0 Å². The monoisotopic (exact) mass is 348 g/mol. The Hall–Kier alpha value is -1.35. The second-order valence-corrected chi connectivity index (χ2v) is 6.80. The van der Waals surface area contributed by atoms with Crippen LogP contribution in [0.2, 0.25) is 0 Å². The normalized spacial score (nSPS) is 21.1. The van der Waals surface area contributed by atoms with Gasteiger partial charge in [0, 0.05) is 18.3 Å². The van der Waals surface area contributed by atoms with E-state index in [1.165, 1.54) is 10.9 Å². The molecule has 1 saturated heterocycles. The quantitative estimate of drug-likeness (QED) is 0.605. The highest BCUT2D eigenvalue weighted by molar-refractivity contribution is 6.55. The van der Waals surface area contributed by atoms with Crippen molar-refractivity contribution in [1.82, 2.24) is 9.78 Å².